The predicted molar refractivity (Wildman–Crippen MR) is 60.8 cm³/mol. The van der Waals surface area contributed by atoms with E-state index in [0.29, 0.717) is 18.3 Å². The Labute approximate surface area is 97.2 Å². The molecule has 0 aromatic heterocycles. The number of rotatable bonds is 2. The fourth-order valence-corrected chi connectivity index (χ4v) is 3.35. The lowest BCUT2D eigenvalue weighted by molar-refractivity contribution is -0.170. The molecule has 0 amide bonds. The Kier molecular flexibility index (Phi) is 3.24. The molecule has 1 heterocycles. The van der Waals surface area contributed by atoms with Gasteiger partial charge in [-0.15, -0.1) is 0 Å². The van der Waals surface area contributed by atoms with Gasteiger partial charge < -0.3 is 9.84 Å². The molecule has 0 aromatic rings. The van der Waals surface area contributed by atoms with E-state index in [1.807, 2.05) is 0 Å². The average molecular weight is 226 g/mol. The summed E-state index contributed by atoms with van der Waals surface area (Å²) in [5.41, 5.74) is 0.160. The number of aliphatic hydroxyl groups excluding tert-OH is 1. The molecule has 1 saturated heterocycles. The molecule has 3 heteroatoms. The van der Waals surface area contributed by atoms with E-state index in [0.717, 1.165) is 25.7 Å². The molecule has 0 radical (unpaired) electrons. The van der Waals surface area contributed by atoms with Gasteiger partial charge in [-0.1, -0.05) is 13.8 Å². The Morgan fingerprint density at radius 1 is 1.56 bits per heavy atom. The Hall–Kier alpha value is -0.570. The maximum atomic E-state index is 11.4. The van der Waals surface area contributed by atoms with Crippen molar-refractivity contribution < 1.29 is 14.6 Å². The molecule has 3 nitrogen and oxygen atoms in total. The number of hydrogen-bond donors (Lipinski definition) is 1. The summed E-state index contributed by atoms with van der Waals surface area (Å²) >= 11 is 0. The summed E-state index contributed by atoms with van der Waals surface area (Å²) < 4.78 is 5.48. The number of ether oxygens (including phenoxy) is 1. The van der Waals surface area contributed by atoms with Crippen molar-refractivity contribution >= 4 is 5.97 Å². The van der Waals surface area contributed by atoms with Crippen molar-refractivity contribution in [3.8, 4) is 0 Å². The van der Waals surface area contributed by atoms with Crippen LogP contribution < -0.4 is 0 Å². The van der Waals surface area contributed by atoms with Gasteiger partial charge in [-0.05, 0) is 42.9 Å². The molecule has 1 aliphatic carbocycles. The second kappa shape index (κ2) is 4.36. The number of carbonyl (C=O) groups excluding carboxylic acids is 1. The summed E-state index contributed by atoms with van der Waals surface area (Å²) in [6.45, 7) is 4.59. The largest absolute Gasteiger partial charge is 0.462 e. The minimum absolute atomic E-state index is 0.0398. The number of aliphatic hydroxyl groups is 1. The standard InChI is InChI=1S/C13H22O3/c1-9-7-12(15)16-11-8-13(2,5-6-14)4-3-10(9)11/h9-11,14H,3-8H2,1-2H3. The van der Waals surface area contributed by atoms with Gasteiger partial charge >= 0.3 is 5.97 Å². The molecule has 16 heavy (non-hydrogen) atoms. The van der Waals surface area contributed by atoms with Crippen molar-refractivity contribution in [1.29, 1.82) is 0 Å². The quantitative estimate of drug-likeness (QED) is 0.734. The summed E-state index contributed by atoms with van der Waals surface area (Å²) in [6.07, 6.45) is 4.71. The highest BCUT2D eigenvalue weighted by Gasteiger charge is 2.44. The number of fused-ring (bicyclic) bond motifs is 1. The third kappa shape index (κ3) is 2.24. The van der Waals surface area contributed by atoms with Gasteiger partial charge in [-0.25, -0.2) is 0 Å². The molecule has 1 N–H and O–H groups in total. The summed E-state index contributed by atoms with van der Waals surface area (Å²) in [5.74, 6) is 0.969. The van der Waals surface area contributed by atoms with E-state index in [4.69, 9.17) is 9.84 Å². The smallest absolute Gasteiger partial charge is 0.306 e. The number of esters is 1. The maximum Gasteiger partial charge on any atom is 0.306 e. The van der Waals surface area contributed by atoms with Crippen LogP contribution in [-0.2, 0) is 9.53 Å². The molecule has 4 atom stereocenters. The monoisotopic (exact) mass is 226 g/mol. The van der Waals surface area contributed by atoms with Crippen LogP contribution in [0.3, 0.4) is 0 Å². The molecule has 0 aromatic carbocycles. The summed E-state index contributed by atoms with van der Waals surface area (Å²) in [6, 6.07) is 0. The van der Waals surface area contributed by atoms with E-state index < -0.39 is 0 Å². The number of carbonyl (C=O) groups is 1. The summed E-state index contributed by atoms with van der Waals surface area (Å²) in [5, 5.41) is 9.08. The first-order valence-corrected chi connectivity index (χ1v) is 6.34. The molecule has 2 fully saturated rings. The average Bonchev–Trinajstić information content (AvgIpc) is 2.15. The molecular formula is C13H22O3. The summed E-state index contributed by atoms with van der Waals surface area (Å²) in [4.78, 5) is 11.4. The lowest BCUT2D eigenvalue weighted by atomic mass is 9.64. The van der Waals surface area contributed by atoms with Gasteiger partial charge in [-0.3, -0.25) is 4.79 Å². The fourth-order valence-electron chi connectivity index (χ4n) is 3.35. The molecule has 2 rings (SSSR count). The van der Waals surface area contributed by atoms with E-state index in [1.165, 1.54) is 0 Å². The van der Waals surface area contributed by atoms with E-state index in [9.17, 15) is 4.79 Å². The van der Waals surface area contributed by atoms with Crippen LogP contribution >= 0.6 is 0 Å². The summed E-state index contributed by atoms with van der Waals surface area (Å²) in [7, 11) is 0. The zero-order valence-corrected chi connectivity index (χ0v) is 10.2. The molecule has 2 aliphatic rings. The highest BCUT2D eigenvalue weighted by Crippen LogP contribution is 2.46. The van der Waals surface area contributed by atoms with E-state index >= 15 is 0 Å². The highest BCUT2D eigenvalue weighted by atomic mass is 16.5. The van der Waals surface area contributed by atoms with Crippen molar-refractivity contribution in [1.82, 2.24) is 0 Å². The van der Waals surface area contributed by atoms with Gasteiger partial charge in [0.05, 0.1) is 0 Å². The lowest BCUT2D eigenvalue weighted by Crippen LogP contribution is -2.45. The topological polar surface area (TPSA) is 46.5 Å². The predicted octanol–water partition coefficient (Wildman–Crippen LogP) is 2.13. The highest BCUT2D eigenvalue weighted by molar-refractivity contribution is 5.70. The van der Waals surface area contributed by atoms with Crippen molar-refractivity contribution in [3.05, 3.63) is 0 Å². The van der Waals surface area contributed by atoms with Gasteiger partial charge in [0, 0.05) is 13.0 Å². The van der Waals surface area contributed by atoms with Crippen molar-refractivity contribution in [2.75, 3.05) is 6.61 Å². The Balaban J connectivity index is 2.05. The molecule has 1 aliphatic heterocycles. The zero-order chi connectivity index (χ0) is 11.8. The normalized spacial score (nSPS) is 43.7. The van der Waals surface area contributed by atoms with Gasteiger partial charge in [0.1, 0.15) is 6.10 Å². The molecule has 92 valence electrons. The zero-order valence-electron chi connectivity index (χ0n) is 10.2. The van der Waals surface area contributed by atoms with Crippen LogP contribution in [-0.4, -0.2) is 23.8 Å². The third-order valence-electron chi connectivity index (χ3n) is 4.47. The molecular weight excluding hydrogens is 204 g/mol. The Morgan fingerprint density at radius 3 is 3.00 bits per heavy atom. The van der Waals surface area contributed by atoms with Crippen LogP contribution in [0, 0.1) is 17.3 Å². The lowest BCUT2D eigenvalue weighted by Gasteiger charge is -2.46. The number of hydrogen-bond acceptors (Lipinski definition) is 3. The van der Waals surface area contributed by atoms with Gasteiger partial charge in [0.15, 0.2) is 0 Å². The molecule has 0 spiro atoms. The molecule has 4 unspecified atom stereocenters. The second-order valence-corrected chi connectivity index (χ2v) is 5.90. The minimum Gasteiger partial charge on any atom is -0.462 e. The van der Waals surface area contributed by atoms with Crippen LogP contribution in [0.2, 0.25) is 0 Å². The molecule has 0 bridgehead atoms. The van der Waals surface area contributed by atoms with Crippen LogP contribution in [0.25, 0.3) is 0 Å². The van der Waals surface area contributed by atoms with Gasteiger partial charge in [0.25, 0.3) is 0 Å². The second-order valence-electron chi connectivity index (χ2n) is 5.90. The van der Waals surface area contributed by atoms with Crippen LogP contribution in [0.15, 0.2) is 0 Å². The third-order valence-corrected chi connectivity index (χ3v) is 4.47. The van der Waals surface area contributed by atoms with Crippen LogP contribution in [0.1, 0.15) is 46.0 Å². The van der Waals surface area contributed by atoms with Crippen molar-refractivity contribution in [2.24, 2.45) is 17.3 Å². The van der Waals surface area contributed by atoms with Gasteiger partial charge in [0.2, 0.25) is 0 Å². The first-order chi connectivity index (χ1) is 7.54. The van der Waals surface area contributed by atoms with E-state index in [-0.39, 0.29) is 24.1 Å². The fraction of sp³-hybridized carbons (Fsp3) is 0.923. The SMILES string of the molecule is CC1CC(=O)OC2CC(C)(CCO)CCC12. The van der Waals surface area contributed by atoms with Gasteiger partial charge in [-0.2, -0.15) is 0 Å². The van der Waals surface area contributed by atoms with Crippen molar-refractivity contribution in [2.45, 2.75) is 52.1 Å². The minimum atomic E-state index is -0.0398. The van der Waals surface area contributed by atoms with Crippen LogP contribution in [0.5, 0.6) is 0 Å². The first-order valence-electron chi connectivity index (χ1n) is 6.34. The van der Waals surface area contributed by atoms with E-state index in [1.54, 1.807) is 0 Å². The first kappa shape index (κ1) is 11.9. The maximum absolute atomic E-state index is 11.4. The Bertz CT molecular complexity index is 276. The Morgan fingerprint density at radius 2 is 2.31 bits per heavy atom. The van der Waals surface area contributed by atoms with Crippen LogP contribution in [0.4, 0.5) is 0 Å². The van der Waals surface area contributed by atoms with Crippen molar-refractivity contribution in [3.63, 3.8) is 0 Å². The van der Waals surface area contributed by atoms with E-state index in [2.05, 4.69) is 13.8 Å². The molecule has 1 saturated carbocycles.